The molecule has 2 N–H and O–H groups in total. The number of rotatable bonds is 6. The summed E-state index contributed by atoms with van der Waals surface area (Å²) in [6, 6.07) is 6.88. The second-order valence-corrected chi connectivity index (χ2v) is 4.46. The Morgan fingerprint density at radius 3 is 2.41 bits per heavy atom. The van der Waals surface area contributed by atoms with Gasteiger partial charge in [-0.25, -0.2) is 0 Å². The van der Waals surface area contributed by atoms with Gasteiger partial charge in [0.2, 0.25) is 0 Å². The lowest BCUT2D eigenvalue weighted by Gasteiger charge is -2.26. The molecule has 0 aliphatic carbocycles. The number of nitro groups is 1. The molecule has 1 aromatic carbocycles. The SMILES string of the molecule is CCC(N)(CC)CCc1ccccc1[N+](=O)[O-]. The summed E-state index contributed by atoms with van der Waals surface area (Å²) in [6.07, 6.45) is 3.23. The van der Waals surface area contributed by atoms with E-state index in [9.17, 15) is 10.1 Å². The number of hydrogen-bond donors (Lipinski definition) is 1. The minimum Gasteiger partial charge on any atom is -0.325 e. The zero-order chi connectivity index (χ0) is 12.9. The van der Waals surface area contributed by atoms with Crippen LogP contribution in [0.5, 0.6) is 0 Å². The Hall–Kier alpha value is -1.42. The van der Waals surface area contributed by atoms with Gasteiger partial charge >= 0.3 is 0 Å². The molecule has 0 saturated heterocycles. The molecule has 1 aromatic rings. The average molecular weight is 236 g/mol. The molecule has 0 bridgehead atoms. The molecule has 0 unspecified atom stereocenters. The lowest BCUT2D eigenvalue weighted by atomic mass is 9.87. The molecule has 1 rings (SSSR count). The van der Waals surface area contributed by atoms with Crippen molar-refractivity contribution >= 4 is 5.69 Å². The Morgan fingerprint density at radius 2 is 1.88 bits per heavy atom. The first kappa shape index (κ1) is 13.6. The van der Waals surface area contributed by atoms with E-state index in [-0.39, 0.29) is 16.1 Å². The van der Waals surface area contributed by atoms with E-state index >= 15 is 0 Å². The van der Waals surface area contributed by atoms with E-state index in [0.29, 0.717) is 6.42 Å². The molecule has 0 saturated carbocycles. The first-order valence-electron chi connectivity index (χ1n) is 6.03. The van der Waals surface area contributed by atoms with E-state index in [4.69, 9.17) is 5.73 Å². The van der Waals surface area contributed by atoms with E-state index in [2.05, 4.69) is 13.8 Å². The fourth-order valence-corrected chi connectivity index (χ4v) is 1.89. The van der Waals surface area contributed by atoms with Crippen LogP contribution in [-0.2, 0) is 6.42 Å². The maximum Gasteiger partial charge on any atom is 0.272 e. The minimum atomic E-state index is -0.328. The van der Waals surface area contributed by atoms with E-state index in [1.807, 2.05) is 12.1 Å². The standard InChI is InChI=1S/C13H20N2O2/c1-3-13(14,4-2)10-9-11-7-5-6-8-12(11)15(16)17/h5-8H,3-4,9-10,14H2,1-2H3. The Morgan fingerprint density at radius 1 is 1.29 bits per heavy atom. The van der Waals surface area contributed by atoms with Crippen molar-refractivity contribution < 1.29 is 4.92 Å². The van der Waals surface area contributed by atoms with Crippen molar-refractivity contribution in [2.75, 3.05) is 0 Å². The summed E-state index contributed by atoms with van der Waals surface area (Å²) in [6.45, 7) is 4.12. The van der Waals surface area contributed by atoms with E-state index in [1.54, 1.807) is 12.1 Å². The zero-order valence-corrected chi connectivity index (χ0v) is 10.5. The molecule has 94 valence electrons. The first-order valence-corrected chi connectivity index (χ1v) is 6.03. The highest BCUT2D eigenvalue weighted by molar-refractivity contribution is 5.39. The number of nitro benzene ring substituents is 1. The van der Waals surface area contributed by atoms with Crippen LogP contribution in [0, 0.1) is 10.1 Å². The van der Waals surface area contributed by atoms with E-state index in [0.717, 1.165) is 24.8 Å². The molecule has 0 aliphatic rings. The van der Waals surface area contributed by atoms with Gasteiger partial charge in [0.05, 0.1) is 4.92 Å². The third-order valence-corrected chi connectivity index (χ3v) is 3.49. The van der Waals surface area contributed by atoms with Crippen molar-refractivity contribution in [3.63, 3.8) is 0 Å². The van der Waals surface area contributed by atoms with Crippen LogP contribution in [0.2, 0.25) is 0 Å². The summed E-state index contributed by atoms with van der Waals surface area (Å²) in [4.78, 5) is 10.5. The number of hydrogen-bond acceptors (Lipinski definition) is 3. The number of nitrogens with zero attached hydrogens (tertiary/aromatic N) is 1. The first-order chi connectivity index (χ1) is 8.02. The van der Waals surface area contributed by atoms with Crippen molar-refractivity contribution in [3.8, 4) is 0 Å². The largest absolute Gasteiger partial charge is 0.325 e. The van der Waals surface area contributed by atoms with Crippen molar-refractivity contribution in [1.29, 1.82) is 0 Å². The van der Waals surface area contributed by atoms with Gasteiger partial charge in [-0.05, 0) is 25.7 Å². The summed E-state index contributed by atoms with van der Waals surface area (Å²) >= 11 is 0. The van der Waals surface area contributed by atoms with Gasteiger partial charge in [-0.1, -0.05) is 32.0 Å². The van der Waals surface area contributed by atoms with Gasteiger partial charge in [-0.3, -0.25) is 10.1 Å². The van der Waals surface area contributed by atoms with E-state index in [1.165, 1.54) is 0 Å². The molecule has 0 atom stereocenters. The second-order valence-electron chi connectivity index (χ2n) is 4.46. The number of aryl methyl sites for hydroxylation is 1. The number of para-hydroxylation sites is 1. The highest BCUT2D eigenvalue weighted by Crippen LogP contribution is 2.24. The van der Waals surface area contributed by atoms with Crippen LogP contribution in [0.15, 0.2) is 24.3 Å². The van der Waals surface area contributed by atoms with Crippen LogP contribution in [0.25, 0.3) is 0 Å². The summed E-state index contributed by atoms with van der Waals surface area (Å²) in [7, 11) is 0. The molecule has 0 radical (unpaired) electrons. The van der Waals surface area contributed by atoms with Gasteiger partial charge in [-0.2, -0.15) is 0 Å². The lowest BCUT2D eigenvalue weighted by molar-refractivity contribution is -0.385. The zero-order valence-electron chi connectivity index (χ0n) is 10.5. The van der Waals surface area contributed by atoms with E-state index < -0.39 is 0 Å². The van der Waals surface area contributed by atoms with Crippen LogP contribution in [0.1, 0.15) is 38.7 Å². The van der Waals surface area contributed by atoms with Crippen molar-refractivity contribution in [1.82, 2.24) is 0 Å². The molecule has 4 nitrogen and oxygen atoms in total. The third-order valence-electron chi connectivity index (χ3n) is 3.49. The monoisotopic (exact) mass is 236 g/mol. The van der Waals surface area contributed by atoms with Crippen LogP contribution in [0.3, 0.4) is 0 Å². The molecular weight excluding hydrogens is 216 g/mol. The molecule has 0 aliphatic heterocycles. The highest BCUT2D eigenvalue weighted by atomic mass is 16.6. The average Bonchev–Trinajstić information content (AvgIpc) is 2.36. The van der Waals surface area contributed by atoms with Crippen LogP contribution < -0.4 is 5.73 Å². The molecular formula is C13H20N2O2. The topological polar surface area (TPSA) is 69.2 Å². The molecule has 4 heteroatoms. The molecule has 0 spiro atoms. The minimum absolute atomic E-state index is 0.196. The predicted molar refractivity (Wildman–Crippen MR) is 68.9 cm³/mol. The fourth-order valence-electron chi connectivity index (χ4n) is 1.89. The van der Waals surface area contributed by atoms with Crippen LogP contribution in [0.4, 0.5) is 5.69 Å². The van der Waals surface area contributed by atoms with Gasteiger partial charge in [0.1, 0.15) is 0 Å². The van der Waals surface area contributed by atoms with Gasteiger partial charge in [0, 0.05) is 17.2 Å². The highest BCUT2D eigenvalue weighted by Gasteiger charge is 2.21. The summed E-state index contributed by atoms with van der Waals surface area (Å²) in [5.41, 5.74) is 6.96. The summed E-state index contributed by atoms with van der Waals surface area (Å²) in [5.74, 6) is 0. The van der Waals surface area contributed by atoms with Crippen molar-refractivity contribution in [2.24, 2.45) is 5.73 Å². The summed E-state index contributed by atoms with van der Waals surface area (Å²) < 4.78 is 0. The molecule has 17 heavy (non-hydrogen) atoms. The van der Waals surface area contributed by atoms with Crippen LogP contribution >= 0.6 is 0 Å². The van der Waals surface area contributed by atoms with Gasteiger partial charge < -0.3 is 5.73 Å². The Labute approximate surface area is 102 Å². The van der Waals surface area contributed by atoms with Crippen molar-refractivity contribution in [2.45, 2.75) is 45.1 Å². The fraction of sp³-hybridized carbons (Fsp3) is 0.538. The van der Waals surface area contributed by atoms with Crippen molar-refractivity contribution in [3.05, 3.63) is 39.9 Å². The molecule has 0 amide bonds. The predicted octanol–water partition coefficient (Wildman–Crippen LogP) is 3.04. The molecule has 0 aromatic heterocycles. The Kier molecular flexibility index (Phi) is 4.63. The second kappa shape index (κ2) is 5.77. The number of benzene rings is 1. The summed E-state index contributed by atoms with van der Waals surface area (Å²) in [5, 5.41) is 10.9. The Balaban J connectivity index is 2.79. The smallest absolute Gasteiger partial charge is 0.272 e. The van der Waals surface area contributed by atoms with Gasteiger partial charge in [0.15, 0.2) is 0 Å². The Bertz CT molecular complexity index is 387. The van der Waals surface area contributed by atoms with Gasteiger partial charge in [-0.15, -0.1) is 0 Å². The maximum absolute atomic E-state index is 10.9. The number of nitrogens with two attached hydrogens (primary N) is 1. The molecule has 0 heterocycles. The molecule has 0 fully saturated rings. The van der Waals surface area contributed by atoms with Crippen LogP contribution in [-0.4, -0.2) is 10.5 Å². The lowest BCUT2D eigenvalue weighted by Crippen LogP contribution is -2.38. The normalized spacial score (nSPS) is 11.5. The maximum atomic E-state index is 10.9. The quantitative estimate of drug-likeness (QED) is 0.609. The third kappa shape index (κ3) is 3.53. The van der Waals surface area contributed by atoms with Gasteiger partial charge in [0.25, 0.3) is 5.69 Å².